The number of benzene rings is 1. The van der Waals surface area contributed by atoms with Gasteiger partial charge in [-0.15, -0.1) is 11.3 Å². The molecule has 4 rings (SSSR count). The Kier molecular flexibility index (Phi) is 7.65. The maximum Gasteiger partial charge on any atom is 0.252 e. The molecule has 0 N–H and O–H groups in total. The van der Waals surface area contributed by atoms with Crippen molar-refractivity contribution in [2.45, 2.75) is 30.5 Å². The highest BCUT2D eigenvalue weighted by atomic mass is 32.2. The van der Waals surface area contributed by atoms with Gasteiger partial charge < -0.3 is 14.0 Å². The summed E-state index contributed by atoms with van der Waals surface area (Å²) in [6.45, 7) is 4.23. The molecule has 0 radical (unpaired) electrons. The zero-order chi connectivity index (χ0) is 23.4. The Morgan fingerprint density at radius 3 is 2.70 bits per heavy atom. The number of hydrogen-bond donors (Lipinski definition) is 0. The van der Waals surface area contributed by atoms with Gasteiger partial charge in [-0.25, -0.2) is 8.42 Å². The van der Waals surface area contributed by atoms with Crippen molar-refractivity contribution in [3.63, 3.8) is 0 Å². The summed E-state index contributed by atoms with van der Waals surface area (Å²) < 4.78 is 41.1. The Morgan fingerprint density at radius 2 is 2.03 bits per heavy atom. The van der Waals surface area contributed by atoms with Gasteiger partial charge in [-0.2, -0.15) is 9.30 Å². The van der Waals surface area contributed by atoms with Gasteiger partial charge in [-0.3, -0.25) is 4.79 Å². The molecule has 0 unspecified atom stereocenters. The second-order valence-electron chi connectivity index (χ2n) is 7.65. The summed E-state index contributed by atoms with van der Waals surface area (Å²) in [4.78, 5) is 18.1. The molecule has 1 amide bonds. The van der Waals surface area contributed by atoms with E-state index >= 15 is 0 Å². The topological polar surface area (TPSA) is 90.2 Å². The van der Waals surface area contributed by atoms with Crippen LogP contribution in [0.1, 0.15) is 19.8 Å². The molecule has 0 bridgehead atoms. The van der Waals surface area contributed by atoms with Crippen LogP contribution in [-0.4, -0.2) is 56.6 Å². The molecule has 3 aromatic rings. The molecule has 1 saturated heterocycles. The van der Waals surface area contributed by atoms with E-state index in [9.17, 15) is 13.2 Å². The van der Waals surface area contributed by atoms with Crippen molar-refractivity contribution in [3.8, 4) is 5.75 Å². The van der Waals surface area contributed by atoms with Gasteiger partial charge in [0.1, 0.15) is 9.96 Å². The second kappa shape index (κ2) is 10.5. The number of hydrogen-bond acceptors (Lipinski definition) is 7. The zero-order valence-electron chi connectivity index (χ0n) is 18.6. The molecule has 11 heteroatoms. The van der Waals surface area contributed by atoms with E-state index in [1.54, 1.807) is 24.6 Å². The van der Waals surface area contributed by atoms with Crippen LogP contribution in [0.25, 0.3) is 10.2 Å². The monoisotopic (exact) mass is 509 g/mol. The minimum Gasteiger partial charge on any atom is -0.494 e. The van der Waals surface area contributed by atoms with Crippen LogP contribution in [0.5, 0.6) is 5.75 Å². The molecule has 0 aliphatic carbocycles. The number of aromatic nitrogens is 1. The minimum absolute atomic E-state index is 0.203. The Hall–Kier alpha value is -2.05. The number of nitrogens with zero attached hydrogens (tertiary/aromatic N) is 3. The lowest BCUT2D eigenvalue weighted by Crippen LogP contribution is -2.40. The molecule has 0 spiro atoms. The van der Waals surface area contributed by atoms with Crippen molar-refractivity contribution in [2.24, 2.45) is 10.9 Å². The number of thiazole rings is 1. The smallest absolute Gasteiger partial charge is 0.252 e. The van der Waals surface area contributed by atoms with Gasteiger partial charge >= 0.3 is 0 Å². The SMILES string of the molecule is CCOc1ccc2c(c1)sc(=NC(=O)C1CCN(S(=O)(=O)c3cccs3)CC1)n2CCOC. The summed E-state index contributed by atoms with van der Waals surface area (Å²) in [5.74, 6) is 0.285. The van der Waals surface area contributed by atoms with E-state index in [-0.39, 0.29) is 11.8 Å². The van der Waals surface area contributed by atoms with Gasteiger partial charge in [0.05, 0.1) is 23.4 Å². The van der Waals surface area contributed by atoms with Crippen LogP contribution in [-0.2, 0) is 26.1 Å². The van der Waals surface area contributed by atoms with E-state index in [0.29, 0.717) is 54.7 Å². The van der Waals surface area contributed by atoms with Crippen molar-refractivity contribution in [2.75, 3.05) is 33.4 Å². The van der Waals surface area contributed by atoms with Crippen LogP contribution in [0, 0.1) is 5.92 Å². The second-order valence-corrected chi connectivity index (χ2v) is 11.8. The third-order valence-electron chi connectivity index (χ3n) is 5.58. The summed E-state index contributed by atoms with van der Waals surface area (Å²) >= 11 is 2.66. The number of sulfonamides is 1. The summed E-state index contributed by atoms with van der Waals surface area (Å²) in [5.41, 5.74) is 0.976. The molecule has 0 atom stereocenters. The van der Waals surface area contributed by atoms with Crippen LogP contribution in [0.4, 0.5) is 0 Å². The predicted molar refractivity (Wildman–Crippen MR) is 129 cm³/mol. The molecule has 3 heterocycles. The largest absolute Gasteiger partial charge is 0.494 e. The lowest BCUT2D eigenvalue weighted by molar-refractivity contribution is -0.122. The van der Waals surface area contributed by atoms with Crippen molar-refractivity contribution in [1.29, 1.82) is 0 Å². The maximum atomic E-state index is 13.0. The molecular weight excluding hydrogens is 482 g/mol. The number of amides is 1. The van der Waals surface area contributed by atoms with Crippen LogP contribution in [0.15, 0.2) is 44.9 Å². The molecule has 8 nitrogen and oxygen atoms in total. The third-order valence-corrected chi connectivity index (χ3v) is 9.90. The quantitative estimate of drug-likeness (QED) is 0.465. The molecule has 1 fully saturated rings. The first-order valence-electron chi connectivity index (χ1n) is 10.8. The van der Waals surface area contributed by atoms with Crippen molar-refractivity contribution >= 4 is 48.8 Å². The number of carbonyl (C=O) groups excluding carboxylic acids is 1. The predicted octanol–water partition coefficient (Wildman–Crippen LogP) is 3.34. The van der Waals surface area contributed by atoms with Crippen molar-refractivity contribution in [1.82, 2.24) is 8.87 Å². The standard InChI is InChI=1S/C22H27N3O5S3/c1-3-30-17-6-7-18-19(15-17)32-22(25(18)12-13-29-2)23-21(26)16-8-10-24(11-9-16)33(27,28)20-5-4-14-31-20/h4-7,14-16H,3,8-13H2,1-2H3. The Balaban J connectivity index is 1.54. The Morgan fingerprint density at radius 1 is 1.24 bits per heavy atom. The highest BCUT2D eigenvalue weighted by Crippen LogP contribution is 2.27. The molecule has 33 heavy (non-hydrogen) atoms. The van der Waals surface area contributed by atoms with Gasteiger partial charge in [0.25, 0.3) is 15.9 Å². The van der Waals surface area contributed by atoms with Crippen molar-refractivity contribution in [3.05, 3.63) is 40.5 Å². The van der Waals surface area contributed by atoms with E-state index in [1.165, 1.54) is 27.0 Å². The summed E-state index contributed by atoms with van der Waals surface area (Å²) in [5, 5.41) is 1.75. The molecule has 1 aliphatic heterocycles. The third kappa shape index (κ3) is 5.22. The maximum absolute atomic E-state index is 13.0. The van der Waals surface area contributed by atoms with Gasteiger partial charge in [0.2, 0.25) is 0 Å². The average molecular weight is 510 g/mol. The number of carbonyl (C=O) groups is 1. The fourth-order valence-electron chi connectivity index (χ4n) is 3.86. The first-order valence-corrected chi connectivity index (χ1v) is 13.9. The Labute approximate surface area is 201 Å². The summed E-state index contributed by atoms with van der Waals surface area (Å²) in [6, 6.07) is 9.20. The fourth-order valence-corrected chi connectivity index (χ4v) is 7.56. The highest BCUT2D eigenvalue weighted by Gasteiger charge is 2.32. The molecule has 0 saturated carbocycles. The molecule has 1 aromatic carbocycles. The normalized spacial score (nSPS) is 16.5. The van der Waals surface area contributed by atoms with E-state index < -0.39 is 10.0 Å². The van der Waals surface area contributed by atoms with Crippen LogP contribution in [0.3, 0.4) is 0 Å². The number of piperidine rings is 1. The van der Waals surface area contributed by atoms with E-state index in [1.807, 2.05) is 29.7 Å². The molecule has 1 aliphatic rings. The van der Waals surface area contributed by atoms with Crippen molar-refractivity contribution < 1.29 is 22.7 Å². The van der Waals surface area contributed by atoms with Crippen LogP contribution < -0.4 is 9.54 Å². The number of rotatable bonds is 8. The lowest BCUT2D eigenvalue weighted by atomic mass is 9.98. The van der Waals surface area contributed by atoms with E-state index in [0.717, 1.165) is 16.0 Å². The fraction of sp³-hybridized carbons (Fsp3) is 0.455. The number of thiophene rings is 1. The van der Waals surface area contributed by atoms with E-state index in [2.05, 4.69) is 4.99 Å². The van der Waals surface area contributed by atoms with E-state index in [4.69, 9.17) is 9.47 Å². The lowest BCUT2D eigenvalue weighted by Gasteiger charge is -2.29. The van der Waals surface area contributed by atoms with Gasteiger partial charge in [0, 0.05) is 32.7 Å². The molecule has 178 valence electrons. The summed E-state index contributed by atoms with van der Waals surface area (Å²) in [6.07, 6.45) is 0.925. The zero-order valence-corrected chi connectivity index (χ0v) is 21.0. The van der Waals surface area contributed by atoms with Crippen LogP contribution in [0.2, 0.25) is 0 Å². The Bertz CT molecular complexity index is 1270. The minimum atomic E-state index is -3.49. The number of ether oxygens (including phenoxy) is 2. The van der Waals surface area contributed by atoms with Gasteiger partial charge in [-0.1, -0.05) is 17.4 Å². The molecule has 2 aromatic heterocycles. The van der Waals surface area contributed by atoms with Gasteiger partial charge in [0.15, 0.2) is 4.80 Å². The summed E-state index contributed by atoms with van der Waals surface area (Å²) in [7, 11) is -1.85. The number of fused-ring (bicyclic) bond motifs is 1. The highest BCUT2D eigenvalue weighted by molar-refractivity contribution is 7.91. The average Bonchev–Trinajstić information content (AvgIpc) is 3.46. The number of methoxy groups -OCH3 is 1. The van der Waals surface area contributed by atoms with Gasteiger partial charge in [-0.05, 0) is 49.4 Å². The first kappa shape index (κ1) is 24.1. The molecular formula is C22H27N3O5S3. The first-order chi connectivity index (χ1) is 15.9. The van der Waals surface area contributed by atoms with Crippen LogP contribution >= 0.6 is 22.7 Å².